The third kappa shape index (κ3) is 4.75. The summed E-state index contributed by atoms with van der Waals surface area (Å²) < 4.78 is 12.7. The average molecular weight is 678 g/mol. The van der Waals surface area contributed by atoms with Gasteiger partial charge in [-0.15, -0.1) is 0 Å². The molecule has 2 heterocycles. The van der Waals surface area contributed by atoms with Gasteiger partial charge in [-0.05, 0) is 110 Å². The van der Waals surface area contributed by atoms with Crippen LogP contribution < -0.4 is 5.32 Å². The van der Waals surface area contributed by atoms with Gasteiger partial charge in [0.15, 0.2) is 0 Å². The molecule has 0 fully saturated rings. The van der Waals surface area contributed by atoms with Crippen molar-refractivity contribution in [2.24, 2.45) is 0 Å². The van der Waals surface area contributed by atoms with E-state index in [4.69, 9.17) is 8.83 Å². The Morgan fingerprint density at radius 2 is 0.868 bits per heavy atom. The van der Waals surface area contributed by atoms with Gasteiger partial charge in [-0.2, -0.15) is 0 Å². The van der Waals surface area contributed by atoms with E-state index in [1.807, 2.05) is 18.2 Å². The van der Waals surface area contributed by atoms with Crippen LogP contribution in [-0.4, -0.2) is 0 Å². The Hall–Kier alpha value is -7.10. The summed E-state index contributed by atoms with van der Waals surface area (Å²) >= 11 is 0. The molecule has 0 saturated carbocycles. The second kappa shape index (κ2) is 11.7. The van der Waals surface area contributed by atoms with Crippen LogP contribution in [0, 0.1) is 0 Å². The van der Waals surface area contributed by atoms with Crippen LogP contribution in [-0.2, 0) is 0 Å². The Bertz CT molecular complexity index is 3220. The monoisotopic (exact) mass is 677 g/mol. The lowest BCUT2D eigenvalue weighted by Gasteiger charge is -2.13. The molecule has 3 heteroatoms. The first kappa shape index (κ1) is 29.6. The quantitative estimate of drug-likeness (QED) is 0.184. The van der Waals surface area contributed by atoms with Crippen molar-refractivity contribution in [2.45, 2.75) is 0 Å². The molecule has 0 radical (unpaired) electrons. The minimum absolute atomic E-state index is 0.847. The number of anilines is 2. The zero-order valence-electron chi connectivity index (χ0n) is 28.6. The van der Waals surface area contributed by atoms with Gasteiger partial charge in [0, 0.05) is 21.8 Å². The van der Waals surface area contributed by atoms with Crippen LogP contribution in [0.3, 0.4) is 0 Å². The summed E-state index contributed by atoms with van der Waals surface area (Å²) in [6, 6.07) is 64.4. The van der Waals surface area contributed by atoms with Crippen LogP contribution in [0.5, 0.6) is 0 Å². The maximum Gasteiger partial charge on any atom is 0.137 e. The van der Waals surface area contributed by atoms with Crippen LogP contribution >= 0.6 is 0 Å². The van der Waals surface area contributed by atoms with Crippen LogP contribution in [0.1, 0.15) is 0 Å². The number of rotatable bonds is 5. The van der Waals surface area contributed by atoms with Crippen LogP contribution in [0.4, 0.5) is 11.4 Å². The molecular formula is C50H31NO2. The number of furan rings is 2. The molecule has 1 N–H and O–H groups in total. The molecule has 0 saturated heterocycles. The molecule has 3 nitrogen and oxygen atoms in total. The molecule has 0 atom stereocenters. The average Bonchev–Trinajstić information content (AvgIpc) is 3.80. The SMILES string of the molecule is c1cc(Nc2cccc3oc4cccc(-c5cccc(-c6cc7ccccc7c7ccccc67)c5)c4c23)cc(-c2cccc3oc4ccccc4c23)c1. The predicted molar refractivity (Wildman–Crippen MR) is 222 cm³/mol. The first-order valence-corrected chi connectivity index (χ1v) is 18.0. The zero-order chi connectivity index (χ0) is 34.9. The van der Waals surface area contributed by atoms with E-state index in [1.54, 1.807) is 0 Å². The van der Waals surface area contributed by atoms with Gasteiger partial charge in [0.2, 0.25) is 0 Å². The highest BCUT2D eigenvalue weighted by molar-refractivity contribution is 6.19. The van der Waals surface area contributed by atoms with E-state index in [-0.39, 0.29) is 0 Å². The highest BCUT2D eigenvalue weighted by atomic mass is 16.3. The lowest BCUT2D eigenvalue weighted by atomic mass is 9.91. The summed E-state index contributed by atoms with van der Waals surface area (Å²) in [5.41, 5.74) is 12.4. The van der Waals surface area contributed by atoms with Gasteiger partial charge >= 0.3 is 0 Å². The Balaban J connectivity index is 1.04. The van der Waals surface area contributed by atoms with Gasteiger partial charge in [-0.25, -0.2) is 0 Å². The van der Waals surface area contributed by atoms with E-state index in [1.165, 1.54) is 32.7 Å². The van der Waals surface area contributed by atoms with Crippen molar-refractivity contribution in [1.82, 2.24) is 0 Å². The second-order valence-corrected chi connectivity index (χ2v) is 13.7. The molecule has 0 spiro atoms. The van der Waals surface area contributed by atoms with Gasteiger partial charge in [0.05, 0.1) is 11.1 Å². The Labute approximate surface area is 305 Å². The van der Waals surface area contributed by atoms with Crippen molar-refractivity contribution in [2.75, 3.05) is 5.32 Å². The first-order valence-electron chi connectivity index (χ1n) is 18.0. The maximum absolute atomic E-state index is 6.54. The molecule has 0 aliphatic rings. The predicted octanol–water partition coefficient (Wildman–Crippen LogP) is 14.5. The minimum atomic E-state index is 0.847. The Kier molecular flexibility index (Phi) is 6.55. The first-order chi connectivity index (χ1) is 26.3. The lowest BCUT2D eigenvalue weighted by molar-refractivity contribution is 0.668. The van der Waals surface area contributed by atoms with Gasteiger partial charge < -0.3 is 14.2 Å². The fourth-order valence-electron chi connectivity index (χ4n) is 8.29. The molecule has 0 amide bonds. The summed E-state index contributed by atoms with van der Waals surface area (Å²) in [6.07, 6.45) is 0. The van der Waals surface area contributed by atoms with Crippen LogP contribution in [0.25, 0.3) is 98.8 Å². The van der Waals surface area contributed by atoms with E-state index < -0.39 is 0 Å². The second-order valence-electron chi connectivity index (χ2n) is 13.7. The minimum Gasteiger partial charge on any atom is -0.456 e. The van der Waals surface area contributed by atoms with Gasteiger partial charge in [0.1, 0.15) is 22.3 Å². The normalized spacial score (nSPS) is 11.8. The van der Waals surface area contributed by atoms with E-state index in [2.05, 4.69) is 169 Å². The fourth-order valence-corrected chi connectivity index (χ4v) is 8.29. The van der Waals surface area contributed by atoms with E-state index in [0.717, 1.165) is 77.5 Å². The van der Waals surface area contributed by atoms with Gasteiger partial charge in [-0.1, -0.05) is 127 Å². The summed E-state index contributed by atoms with van der Waals surface area (Å²) in [6.45, 7) is 0. The van der Waals surface area contributed by atoms with Crippen molar-refractivity contribution in [1.29, 1.82) is 0 Å². The standard InChI is InChI=1S/C50H31NO2/c1-2-17-36-34(12-1)30-42(40-19-4-3-18-39(36)40)32-14-7-13-31(28-32)38-22-10-26-46-49(38)50-43(23-11-27-47(50)53-46)51-35-16-8-15-33(29-35)37-21-9-25-45-48(37)41-20-5-6-24-44(41)52-45/h1-30,51H. The molecule has 53 heavy (non-hydrogen) atoms. The molecule has 11 aromatic rings. The van der Waals surface area contributed by atoms with Crippen molar-refractivity contribution in [3.63, 3.8) is 0 Å². The molecule has 0 aliphatic heterocycles. The molecular weight excluding hydrogens is 647 g/mol. The highest BCUT2D eigenvalue weighted by Crippen LogP contribution is 2.43. The van der Waals surface area contributed by atoms with E-state index >= 15 is 0 Å². The Morgan fingerprint density at radius 3 is 1.70 bits per heavy atom. The Morgan fingerprint density at radius 1 is 0.321 bits per heavy atom. The van der Waals surface area contributed by atoms with Crippen molar-refractivity contribution in [3.05, 3.63) is 182 Å². The summed E-state index contributed by atoms with van der Waals surface area (Å²) in [5.74, 6) is 0. The number of para-hydroxylation sites is 1. The van der Waals surface area contributed by atoms with Gasteiger partial charge in [-0.3, -0.25) is 0 Å². The third-order valence-corrected chi connectivity index (χ3v) is 10.6. The van der Waals surface area contributed by atoms with Crippen LogP contribution in [0.15, 0.2) is 191 Å². The maximum atomic E-state index is 6.54. The largest absolute Gasteiger partial charge is 0.456 e. The number of hydrogen-bond acceptors (Lipinski definition) is 3. The fraction of sp³-hybridized carbons (Fsp3) is 0. The zero-order valence-corrected chi connectivity index (χ0v) is 28.6. The van der Waals surface area contributed by atoms with E-state index in [0.29, 0.717) is 0 Å². The topological polar surface area (TPSA) is 38.3 Å². The summed E-state index contributed by atoms with van der Waals surface area (Å²) in [4.78, 5) is 0. The molecule has 0 unspecified atom stereocenters. The summed E-state index contributed by atoms with van der Waals surface area (Å²) in [5, 5.41) is 13.2. The molecule has 9 aromatic carbocycles. The molecule has 0 bridgehead atoms. The molecule has 0 aliphatic carbocycles. The number of benzene rings is 9. The molecule has 11 rings (SSSR count). The van der Waals surface area contributed by atoms with Gasteiger partial charge in [0.25, 0.3) is 0 Å². The number of nitrogens with one attached hydrogen (secondary N) is 1. The van der Waals surface area contributed by atoms with Crippen molar-refractivity contribution in [3.8, 4) is 33.4 Å². The van der Waals surface area contributed by atoms with Crippen LogP contribution in [0.2, 0.25) is 0 Å². The molecule has 248 valence electrons. The molecule has 2 aromatic heterocycles. The smallest absolute Gasteiger partial charge is 0.137 e. The van der Waals surface area contributed by atoms with Crippen molar-refractivity contribution < 1.29 is 8.83 Å². The highest BCUT2D eigenvalue weighted by Gasteiger charge is 2.18. The summed E-state index contributed by atoms with van der Waals surface area (Å²) in [7, 11) is 0. The third-order valence-electron chi connectivity index (χ3n) is 10.6. The number of hydrogen-bond donors (Lipinski definition) is 1. The lowest BCUT2D eigenvalue weighted by Crippen LogP contribution is -1.92. The number of fused-ring (bicyclic) bond motifs is 9. The van der Waals surface area contributed by atoms with E-state index in [9.17, 15) is 0 Å². The van der Waals surface area contributed by atoms with Crippen molar-refractivity contribution >= 4 is 76.8 Å².